The van der Waals surface area contributed by atoms with Crippen molar-refractivity contribution in [2.45, 2.75) is 30.8 Å². The molecule has 1 aliphatic carbocycles. The molecule has 1 aromatic heterocycles. The van der Waals surface area contributed by atoms with Crippen LogP contribution in [0.25, 0.3) is 0 Å². The molecule has 1 fully saturated rings. The van der Waals surface area contributed by atoms with Gasteiger partial charge >= 0.3 is 5.97 Å². The van der Waals surface area contributed by atoms with Gasteiger partial charge in [0.15, 0.2) is 5.03 Å². The molecule has 1 saturated carbocycles. The lowest BCUT2D eigenvalue weighted by molar-refractivity contribution is -0.143. The number of sulfonamides is 1. The Morgan fingerprint density at radius 3 is 2.74 bits per heavy atom. The van der Waals surface area contributed by atoms with Crippen LogP contribution in [0.3, 0.4) is 0 Å². The molecule has 0 aromatic carbocycles. The lowest BCUT2D eigenvalue weighted by atomic mass is 10.6. The van der Waals surface area contributed by atoms with E-state index < -0.39 is 16.0 Å². The van der Waals surface area contributed by atoms with E-state index in [0.717, 1.165) is 12.8 Å². The number of nitrogens with zero attached hydrogens (tertiary/aromatic N) is 3. The van der Waals surface area contributed by atoms with E-state index in [1.165, 1.54) is 16.8 Å². The molecule has 0 bridgehead atoms. The van der Waals surface area contributed by atoms with Crippen LogP contribution in [0.15, 0.2) is 17.6 Å². The number of rotatable bonds is 6. The summed E-state index contributed by atoms with van der Waals surface area (Å²) in [6.45, 7) is 1.67. The third-order valence-electron chi connectivity index (χ3n) is 2.80. The summed E-state index contributed by atoms with van der Waals surface area (Å²) in [5.41, 5.74) is 0. The van der Waals surface area contributed by atoms with E-state index in [4.69, 9.17) is 4.74 Å². The van der Waals surface area contributed by atoms with Crippen molar-refractivity contribution in [3.8, 4) is 0 Å². The molecule has 2 rings (SSSR count). The van der Waals surface area contributed by atoms with Crippen molar-refractivity contribution < 1.29 is 17.9 Å². The van der Waals surface area contributed by atoms with E-state index >= 15 is 0 Å². The molecule has 0 atom stereocenters. The number of hydrogen-bond donors (Lipinski definition) is 0. The van der Waals surface area contributed by atoms with Gasteiger partial charge in [-0.15, -0.1) is 0 Å². The second-order valence-electron chi connectivity index (χ2n) is 4.46. The molecule has 8 heteroatoms. The third kappa shape index (κ3) is 3.13. The fraction of sp³-hybridized carbons (Fsp3) is 0.636. The number of aryl methyl sites for hydroxylation is 1. The topological polar surface area (TPSA) is 81.5 Å². The fourth-order valence-electron chi connectivity index (χ4n) is 1.75. The average Bonchev–Trinajstić information content (AvgIpc) is 3.07. The Morgan fingerprint density at radius 1 is 1.58 bits per heavy atom. The third-order valence-corrected chi connectivity index (χ3v) is 4.58. The summed E-state index contributed by atoms with van der Waals surface area (Å²) in [4.78, 5) is 15.4. The normalized spacial score (nSPS) is 15.7. The van der Waals surface area contributed by atoms with Gasteiger partial charge in [0.05, 0.1) is 12.9 Å². The standard InChI is InChI=1S/C11H17N3O4S/c1-3-18-11(15)7-14(9-4-5-9)19(16,17)10-6-13(2)8-12-10/h6,8-9H,3-5,7H2,1-2H3. The van der Waals surface area contributed by atoms with Crippen molar-refractivity contribution in [3.05, 3.63) is 12.5 Å². The molecule has 0 amide bonds. The lowest BCUT2D eigenvalue weighted by Gasteiger charge is -2.19. The fourth-order valence-corrected chi connectivity index (χ4v) is 3.35. The van der Waals surface area contributed by atoms with Gasteiger partial charge in [-0.2, -0.15) is 4.31 Å². The molecule has 19 heavy (non-hydrogen) atoms. The van der Waals surface area contributed by atoms with Crippen LogP contribution < -0.4 is 0 Å². The Labute approximate surface area is 112 Å². The van der Waals surface area contributed by atoms with E-state index in [-0.39, 0.29) is 24.2 Å². The SMILES string of the molecule is CCOC(=O)CN(C1CC1)S(=O)(=O)c1cn(C)cn1. The van der Waals surface area contributed by atoms with Crippen LogP contribution in [0.2, 0.25) is 0 Å². The molecular weight excluding hydrogens is 270 g/mol. The summed E-state index contributed by atoms with van der Waals surface area (Å²) in [5, 5.41) is -0.0359. The van der Waals surface area contributed by atoms with Crippen LogP contribution in [0.1, 0.15) is 19.8 Å². The van der Waals surface area contributed by atoms with E-state index in [1.54, 1.807) is 18.5 Å². The predicted octanol–water partition coefficient (Wildman–Crippen LogP) is 0.136. The molecule has 0 aliphatic heterocycles. The molecule has 1 aromatic rings. The zero-order valence-electron chi connectivity index (χ0n) is 10.9. The first kappa shape index (κ1) is 14.0. The maximum Gasteiger partial charge on any atom is 0.321 e. The summed E-state index contributed by atoms with van der Waals surface area (Å²) in [5.74, 6) is -0.533. The van der Waals surface area contributed by atoms with Crippen LogP contribution in [0.4, 0.5) is 0 Å². The minimum atomic E-state index is -3.73. The molecule has 7 nitrogen and oxygen atoms in total. The Morgan fingerprint density at radius 2 is 2.26 bits per heavy atom. The molecule has 0 unspecified atom stereocenters. The van der Waals surface area contributed by atoms with E-state index in [0.29, 0.717) is 0 Å². The summed E-state index contributed by atoms with van der Waals surface area (Å²) in [6.07, 6.45) is 4.38. The van der Waals surface area contributed by atoms with Crippen LogP contribution in [-0.4, -0.2) is 47.4 Å². The van der Waals surface area contributed by atoms with Crippen LogP contribution in [0.5, 0.6) is 0 Å². The predicted molar refractivity (Wildman–Crippen MR) is 66.8 cm³/mol. The van der Waals surface area contributed by atoms with Crippen molar-refractivity contribution >= 4 is 16.0 Å². The maximum absolute atomic E-state index is 12.4. The van der Waals surface area contributed by atoms with Crippen molar-refractivity contribution in [3.63, 3.8) is 0 Å². The van der Waals surface area contributed by atoms with Gasteiger partial charge in [0.1, 0.15) is 6.54 Å². The number of ether oxygens (including phenoxy) is 1. The molecule has 106 valence electrons. The molecule has 1 heterocycles. The van der Waals surface area contributed by atoms with Crippen molar-refractivity contribution in [2.75, 3.05) is 13.2 Å². The second kappa shape index (κ2) is 5.30. The smallest absolute Gasteiger partial charge is 0.321 e. The number of hydrogen-bond acceptors (Lipinski definition) is 5. The number of esters is 1. The second-order valence-corrected chi connectivity index (χ2v) is 6.30. The highest BCUT2D eigenvalue weighted by molar-refractivity contribution is 7.89. The summed E-state index contributed by atoms with van der Waals surface area (Å²) in [6, 6.07) is -0.114. The van der Waals surface area contributed by atoms with Crippen molar-refractivity contribution in [1.29, 1.82) is 0 Å². The number of imidazole rings is 1. The summed E-state index contributed by atoms with van der Waals surface area (Å²) < 4.78 is 32.4. The first-order valence-electron chi connectivity index (χ1n) is 6.10. The highest BCUT2D eigenvalue weighted by Crippen LogP contribution is 2.31. The minimum absolute atomic E-state index is 0.0359. The van der Waals surface area contributed by atoms with Gasteiger partial charge in [-0.3, -0.25) is 4.79 Å². The average molecular weight is 287 g/mol. The highest BCUT2D eigenvalue weighted by atomic mass is 32.2. The lowest BCUT2D eigenvalue weighted by Crippen LogP contribution is -2.38. The number of aromatic nitrogens is 2. The van der Waals surface area contributed by atoms with Gasteiger partial charge in [-0.1, -0.05) is 0 Å². The van der Waals surface area contributed by atoms with E-state index in [2.05, 4.69) is 4.98 Å². The molecule has 0 spiro atoms. The van der Waals surface area contributed by atoms with Gasteiger partial charge < -0.3 is 9.30 Å². The van der Waals surface area contributed by atoms with Crippen molar-refractivity contribution in [1.82, 2.24) is 13.9 Å². The molecular formula is C11H17N3O4S. The van der Waals surface area contributed by atoms with E-state index in [1.807, 2.05) is 0 Å². The Hall–Kier alpha value is -1.41. The molecule has 1 aliphatic rings. The zero-order valence-corrected chi connectivity index (χ0v) is 11.8. The van der Waals surface area contributed by atoms with E-state index in [9.17, 15) is 13.2 Å². The largest absolute Gasteiger partial charge is 0.465 e. The maximum atomic E-state index is 12.4. The Bertz CT molecular complexity index is 562. The molecule has 0 radical (unpaired) electrons. The number of carbonyl (C=O) groups excluding carboxylic acids is 1. The number of carbonyl (C=O) groups is 1. The highest BCUT2D eigenvalue weighted by Gasteiger charge is 2.40. The van der Waals surface area contributed by atoms with Gasteiger partial charge in [0.25, 0.3) is 10.0 Å². The minimum Gasteiger partial charge on any atom is -0.465 e. The quantitative estimate of drug-likeness (QED) is 0.695. The van der Waals surface area contributed by atoms with Crippen LogP contribution in [-0.2, 0) is 26.6 Å². The summed E-state index contributed by atoms with van der Waals surface area (Å²) in [7, 11) is -2.04. The van der Waals surface area contributed by atoms with Gasteiger partial charge in [0, 0.05) is 19.3 Å². The Balaban J connectivity index is 2.21. The zero-order chi connectivity index (χ0) is 14.0. The van der Waals surface area contributed by atoms with Gasteiger partial charge in [-0.05, 0) is 19.8 Å². The van der Waals surface area contributed by atoms with Gasteiger partial charge in [0.2, 0.25) is 0 Å². The Kier molecular flexibility index (Phi) is 3.91. The summed E-state index contributed by atoms with van der Waals surface area (Å²) >= 11 is 0. The molecule has 0 saturated heterocycles. The van der Waals surface area contributed by atoms with Gasteiger partial charge in [-0.25, -0.2) is 13.4 Å². The van der Waals surface area contributed by atoms with Crippen LogP contribution in [0, 0.1) is 0 Å². The van der Waals surface area contributed by atoms with Crippen LogP contribution >= 0.6 is 0 Å². The monoisotopic (exact) mass is 287 g/mol. The van der Waals surface area contributed by atoms with Crippen molar-refractivity contribution in [2.24, 2.45) is 7.05 Å². The first-order valence-corrected chi connectivity index (χ1v) is 7.54. The molecule has 0 N–H and O–H groups in total. The first-order chi connectivity index (χ1) is 8.95.